The van der Waals surface area contributed by atoms with E-state index in [2.05, 4.69) is 5.16 Å². The zero-order valence-corrected chi connectivity index (χ0v) is 15.7. The molecule has 2 aromatic carbocycles. The number of aryl methyl sites for hydroxylation is 1. The van der Waals surface area contributed by atoms with Gasteiger partial charge in [-0.1, -0.05) is 35.0 Å². The number of hydrogen-bond donors (Lipinski definition) is 0. The molecule has 3 heterocycles. The third-order valence-electron chi connectivity index (χ3n) is 4.89. The average molecular weight is 411 g/mol. The van der Waals surface area contributed by atoms with Gasteiger partial charge in [-0.05, 0) is 31.2 Å². The highest BCUT2D eigenvalue weighted by atomic mass is 35.5. The number of halogens is 2. The van der Waals surface area contributed by atoms with E-state index in [9.17, 15) is 14.0 Å². The highest BCUT2D eigenvalue weighted by Gasteiger charge is 2.45. The second kappa shape index (κ2) is 6.28. The summed E-state index contributed by atoms with van der Waals surface area (Å²) < 4.78 is 25.6. The molecule has 0 fully saturated rings. The van der Waals surface area contributed by atoms with Crippen molar-refractivity contribution in [3.8, 4) is 0 Å². The molecule has 1 amide bonds. The van der Waals surface area contributed by atoms with Gasteiger partial charge in [-0.15, -0.1) is 0 Å². The molecule has 0 saturated heterocycles. The van der Waals surface area contributed by atoms with Crippen molar-refractivity contribution in [2.45, 2.75) is 13.0 Å². The number of hydrogen-bond acceptors (Lipinski definition) is 5. The van der Waals surface area contributed by atoms with Gasteiger partial charge in [0.15, 0.2) is 11.2 Å². The van der Waals surface area contributed by atoms with Crippen LogP contribution in [0.3, 0.4) is 0 Å². The first-order valence-corrected chi connectivity index (χ1v) is 9.11. The minimum Gasteiger partial charge on any atom is -0.450 e. The second-order valence-electron chi connectivity index (χ2n) is 6.71. The third-order valence-corrected chi connectivity index (χ3v) is 5.13. The lowest BCUT2D eigenvalue weighted by molar-refractivity contribution is 0.0969. The highest BCUT2D eigenvalue weighted by molar-refractivity contribution is 6.31. The molecule has 8 heteroatoms. The molecule has 0 aliphatic carbocycles. The quantitative estimate of drug-likeness (QED) is 0.481. The zero-order chi connectivity index (χ0) is 20.3. The van der Waals surface area contributed by atoms with E-state index in [1.807, 2.05) is 0 Å². The summed E-state index contributed by atoms with van der Waals surface area (Å²) in [6.45, 7) is 1.67. The number of nitrogens with zero attached hydrogens (tertiary/aromatic N) is 2. The maximum absolute atomic E-state index is 14.7. The van der Waals surface area contributed by atoms with Gasteiger partial charge in [0.1, 0.15) is 17.2 Å². The van der Waals surface area contributed by atoms with Gasteiger partial charge in [0, 0.05) is 16.7 Å². The molecule has 0 unspecified atom stereocenters. The molecule has 0 N–H and O–H groups in total. The van der Waals surface area contributed by atoms with Crippen LogP contribution in [0.15, 0.2) is 62.3 Å². The molecule has 6 nitrogen and oxygen atoms in total. The topological polar surface area (TPSA) is 76.6 Å². The van der Waals surface area contributed by atoms with Crippen molar-refractivity contribution in [1.82, 2.24) is 5.16 Å². The number of rotatable bonds is 2. The molecular weight excluding hydrogens is 399 g/mol. The van der Waals surface area contributed by atoms with Gasteiger partial charge in [0.25, 0.3) is 5.91 Å². The molecule has 5 rings (SSSR count). The van der Waals surface area contributed by atoms with Gasteiger partial charge in [-0.3, -0.25) is 14.5 Å². The standard InChI is InChI=1S/C21H12ClFN2O4/c1-10-8-16(24-29-10)25-18(12-4-2-3-5-14(12)23)17-19(26)13-9-11(22)6-7-15(13)28-20(17)21(25)27/h2-9,18H,1H3/t18-/m0/s1. The van der Waals surface area contributed by atoms with E-state index < -0.39 is 23.2 Å². The van der Waals surface area contributed by atoms with Crippen molar-refractivity contribution in [1.29, 1.82) is 0 Å². The Morgan fingerprint density at radius 1 is 1.14 bits per heavy atom. The molecule has 29 heavy (non-hydrogen) atoms. The van der Waals surface area contributed by atoms with E-state index >= 15 is 0 Å². The fourth-order valence-electron chi connectivity index (χ4n) is 3.64. The maximum atomic E-state index is 14.7. The van der Waals surface area contributed by atoms with E-state index in [-0.39, 0.29) is 33.7 Å². The molecule has 1 atom stereocenters. The first-order valence-electron chi connectivity index (χ1n) is 8.73. The first kappa shape index (κ1) is 17.6. The summed E-state index contributed by atoms with van der Waals surface area (Å²) in [5, 5.41) is 4.45. The number of benzene rings is 2. The van der Waals surface area contributed by atoms with E-state index in [1.54, 1.807) is 25.1 Å². The fraction of sp³-hybridized carbons (Fsp3) is 0.0952. The Balaban J connectivity index is 1.86. The van der Waals surface area contributed by atoms with Crippen LogP contribution >= 0.6 is 11.6 Å². The molecule has 4 aromatic rings. The lowest BCUT2D eigenvalue weighted by Crippen LogP contribution is -2.30. The number of fused-ring (bicyclic) bond motifs is 2. The predicted molar refractivity (Wildman–Crippen MR) is 104 cm³/mol. The summed E-state index contributed by atoms with van der Waals surface area (Å²) in [6, 6.07) is 11.0. The lowest BCUT2D eigenvalue weighted by Gasteiger charge is -2.22. The minimum atomic E-state index is -1.05. The van der Waals surface area contributed by atoms with Crippen molar-refractivity contribution in [3.05, 3.63) is 92.2 Å². The maximum Gasteiger partial charge on any atom is 0.296 e. The summed E-state index contributed by atoms with van der Waals surface area (Å²) in [5.74, 6) is -0.691. The lowest BCUT2D eigenvalue weighted by atomic mass is 9.98. The molecule has 0 spiro atoms. The first-order chi connectivity index (χ1) is 14.0. The largest absolute Gasteiger partial charge is 0.450 e. The molecule has 0 saturated carbocycles. The van der Waals surface area contributed by atoms with Crippen LogP contribution in [0.5, 0.6) is 0 Å². The molecule has 2 aromatic heterocycles. The SMILES string of the molecule is Cc1cc(N2C(=O)c3oc4ccc(Cl)cc4c(=O)c3[C@@H]2c2ccccc2F)no1. The number of carbonyl (C=O) groups is 1. The summed E-state index contributed by atoms with van der Waals surface area (Å²) in [5.41, 5.74) is -0.0468. The summed E-state index contributed by atoms with van der Waals surface area (Å²) in [6.07, 6.45) is 0. The van der Waals surface area contributed by atoms with Crippen molar-refractivity contribution >= 4 is 34.3 Å². The van der Waals surface area contributed by atoms with Gasteiger partial charge in [-0.2, -0.15) is 0 Å². The number of aromatic nitrogens is 1. The summed E-state index contributed by atoms with van der Waals surface area (Å²) in [7, 11) is 0. The van der Waals surface area contributed by atoms with Crippen LogP contribution in [-0.2, 0) is 0 Å². The van der Waals surface area contributed by atoms with Gasteiger partial charge in [0.05, 0.1) is 17.0 Å². The van der Waals surface area contributed by atoms with Crippen molar-refractivity contribution < 1.29 is 18.1 Å². The van der Waals surface area contributed by atoms with Gasteiger partial charge < -0.3 is 8.94 Å². The van der Waals surface area contributed by atoms with Gasteiger partial charge in [-0.25, -0.2) is 4.39 Å². The summed E-state index contributed by atoms with van der Waals surface area (Å²) in [4.78, 5) is 27.8. The Morgan fingerprint density at radius 3 is 2.66 bits per heavy atom. The van der Waals surface area contributed by atoms with Crippen molar-refractivity contribution in [2.75, 3.05) is 4.90 Å². The Bertz CT molecular complexity index is 1360. The van der Waals surface area contributed by atoms with Crippen LogP contribution in [0.1, 0.15) is 33.5 Å². The van der Waals surface area contributed by atoms with E-state index in [0.717, 1.165) is 0 Å². The zero-order valence-electron chi connectivity index (χ0n) is 15.0. The summed E-state index contributed by atoms with van der Waals surface area (Å²) >= 11 is 6.04. The van der Waals surface area contributed by atoms with Gasteiger partial charge >= 0.3 is 0 Å². The number of carbonyl (C=O) groups excluding carboxylic acids is 1. The molecule has 1 aliphatic rings. The Labute approximate surface area is 168 Å². The molecule has 144 valence electrons. The monoisotopic (exact) mass is 410 g/mol. The van der Waals surface area contributed by atoms with Crippen LogP contribution in [0.4, 0.5) is 10.2 Å². The van der Waals surface area contributed by atoms with Crippen LogP contribution in [-0.4, -0.2) is 11.1 Å². The molecule has 0 radical (unpaired) electrons. The van der Waals surface area contributed by atoms with Gasteiger partial charge in [0.2, 0.25) is 5.76 Å². The van der Waals surface area contributed by atoms with Crippen LogP contribution in [0, 0.1) is 12.7 Å². The highest BCUT2D eigenvalue weighted by Crippen LogP contribution is 2.41. The number of anilines is 1. The predicted octanol–water partition coefficient (Wildman–Crippen LogP) is 4.63. The smallest absolute Gasteiger partial charge is 0.296 e. The van der Waals surface area contributed by atoms with Crippen LogP contribution < -0.4 is 10.3 Å². The second-order valence-corrected chi connectivity index (χ2v) is 7.15. The fourth-order valence-corrected chi connectivity index (χ4v) is 3.81. The number of amides is 1. The van der Waals surface area contributed by atoms with E-state index in [4.69, 9.17) is 20.5 Å². The normalized spacial score (nSPS) is 15.9. The van der Waals surface area contributed by atoms with E-state index in [0.29, 0.717) is 10.8 Å². The minimum absolute atomic E-state index is 0.0375. The molecule has 0 bridgehead atoms. The average Bonchev–Trinajstić information content (AvgIpc) is 3.24. The van der Waals surface area contributed by atoms with Crippen LogP contribution in [0.25, 0.3) is 11.0 Å². The van der Waals surface area contributed by atoms with Crippen molar-refractivity contribution in [2.24, 2.45) is 0 Å². The Hall–Kier alpha value is -3.45. The third kappa shape index (κ3) is 2.58. The molecular formula is C21H12ClFN2O4. The van der Waals surface area contributed by atoms with Crippen molar-refractivity contribution in [3.63, 3.8) is 0 Å². The molecule has 1 aliphatic heterocycles. The Kier molecular flexibility index (Phi) is 3.82. The van der Waals surface area contributed by atoms with Crippen LogP contribution in [0.2, 0.25) is 5.02 Å². The Morgan fingerprint density at radius 2 is 1.93 bits per heavy atom. The van der Waals surface area contributed by atoms with E-state index in [1.165, 1.54) is 35.2 Å².